The summed E-state index contributed by atoms with van der Waals surface area (Å²) < 4.78 is 0. The number of imide groups is 1. The van der Waals surface area contributed by atoms with E-state index in [0.717, 1.165) is 28.2 Å². The molecule has 4 nitrogen and oxygen atoms in total. The fourth-order valence-electron chi connectivity index (χ4n) is 5.28. The number of carbonyl (C=O) groups is 2. The van der Waals surface area contributed by atoms with E-state index in [0.29, 0.717) is 5.41 Å². The molecule has 1 saturated heterocycles. The van der Waals surface area contributed by atoms with E-state index in [1.807, 2.05) is 24.3 Å². The van der Waals surface area contributed by atoms with Crippen LogP contribution in [0.1, 0.15) is 36.0 Å². The van der Waals surface area contributed by atoms with Crippen LogP contribution in [0.15, 0.2) is 42.5 Å². The molecule has 1 aliphatic heterocycles. The van der Waals surface area contributed by atoms with E-state index in [4.69, 9.17) is 0 Å². The molecule has 3 amide bonds. The maximum atomic E-state index is 12.8. The molecule has 118 valence electrons. The molecule has 7 rings (SSSR count). The smallest absolute Gasteiger partial charge is 0.316 e. The number of benzene rings is 2. The van der Waals surface area contributed by atoms with Crippen molar-refractivity contribution in [2.24, 2.45) is 5.92 Å². The van der Waals surface area contributed by atoms with Crippen molar-refractivity contribution in [1.82, 2.24) is 10.6 Å². The zero-order valence-electron chi connectivity index (χ0n) is 13.1. The van der Waals surface area contributed by atoms with E-state index in [2.05, 4.69) is 28.8 Å². The molecular formula is C20H16N2O2. The van der Waals surface area contributed by atoms with Gasteiger partial charge in [0, 0.05) is 0 Å². The molecule has 2 aromatic carbocycles. The third kappa shape index (κ3) is 1.22. The molecule has 24 heavy (non-hydrogen) atoms. The summed E-state index contributed by atoms with van der Waals surface area (Å²) in [7, 11) is 0. The molecule has 1 heterocycles. The lowest BCUT2D eigenvalue weighted by Gasteiger charge is -2.62. The minimum atomic E-state index is -1.07. The SMILES string of the molecule is O=C1NC(=O)C2(N1)c1ccccc1-c1ccc(C34CC(C3)C4)cc12. The highest BCUT2D eigenvalue weighted by Gasteiger charge is 2.59. The van der Waals surface area contributed by atoms with Gasteiger partial charge in [-0.15, -0.1) is 0 Å². The summed E-state index contributed by atoms with van der Waals surface area (Å²) in [4.78, 5) is 24.7. The van der Waals surface area contributed by atoms with Crippen LogP contribution in [-0.4, -0.2) is 11.9 Å². The second kappa shape index (κ2) is 3.72. The van der Waals surface area contributed by atoms with Crippen molar-refractivity contribution >= 4 is 11.9 Å². The molecule has 4 aliphatic carbocycles. The van der Waals surface area contributed by atoms with Crippen LogP contribution in [0.3, 0.4) is 0 Å². The normalized spacial score (nSPS) is 34.1. The van der Waals surface area contributed by atoms with Gasteiger partial charge in [0.2, 0.25) is 0 Å². The molecule has 1 spiro atoms. The summed E-state index contributed by atoms with van der Waals surface area (Å²) in [5.74, 6) is 0.632. The zero-order valence-corrected chi connectivity index (χ0v) is 13.1. The average molecular weight is 316 g/mol. The van der Waals surface area contributed by atoms with Crippen molar-refractivity contribution in [3.63, 3.8) is 0 Å². The first-order valence-corrected chi connectivity index (χ1v) is 8.51. The molecule has 4 fully saturated rings. The third-order valence-electron chi connectivity index (χ3n) is 6.56. The first-order valence-electron chi connectivity index (χ1n) is 8.51. The summed E-state index contributed by atoms with van der Waals surface area (Å²) in [6.45, 7) is 0. The van der Waals surface area contributed by atoms with Crippen LogP contribution in [0.5, 0.6) is 0 Å². The van der Waals surface area contributed by atoms with Crippen LogP contribution in [0.2, 0.25) is 0 Å². The fourth-order valence-corrected chi connectivity index (χ4v) is 5.28. The Kier molecular flexibility index (Phi) is 1.98. The molecule has 2 aromatic rings. The van der Waals surface area contributed by atoms with Crippen molar-refractivity contribution in [2.45, 2.75) is 30.2 Å². The average Bonchev–Trinajstić information content (AvgIpc) is 2.93. The van der Waals surface area contributed by atoms with Crippen molar-refractivity contribution in [3.8, 4) is 11.1 Å². The van der Waals surface area contributed by atoms with Gasteiger partial charge in [0.1, 0.15) is 0 Å². The molecular weight excluding hydrogens is 300 g/mol. The Bertz CT molecular complexity index is 947. The van der Waals surface area contributed by atoms with Gasteiger partial charge in [-0.25, -0.2) is 4.79 Å². The summed E-state index contributed by atoms with van der Waals surface area (Å²) >= 11 is 0. The number of carbonyl (C=O) groups excluding carboxylic acids is 2. The van der Waals surface area contributed by atoms with E-state index in [1.165, 1.54) is 24.8 Å². The number of urea groups is 1. The molecule has 0 aromatic heterocycles. The van der Waals surface area contributed by atoms with Crippen LogP contribution in [0, 0.1) is 5.92 Å². The van der Waals surface area contributed by atoms with Crippen LogP contribution in [-0.2, 0) is 15.7 Å². The molecule has 2 N–H and O–H groups in total. The zero-order chi connectivity index (χ0) is 16.1. The van der Waals surface area contributed by atoms with Crippen molar-refractivity contribution in [3.05, 3.63) is 59.2 Å². The molecule has 0 radical (unpaired) electrons. The molecule has 1 atom stereocenters. The molecule has 1 unspecified atom stereocenters. The quantitative estimate of drug-likeness (QED) is 0.795. The van der Waals surface area contributed by atoms with Gasteiger partial charge in [0.15, 0.2) is 5.54 Å². The Morgan fingerprint density at radius 3 is 2.33 bits per heavy atom. The second-order valence-electron chi connectivity index (χ2n) is 7.72. The van der Waals surface area contributed by atoms with E-state index < -0.39 is 11.6 Å². The highest BCUT2D eigenvalue weighted by atomic mass is 16.2. The Labute approximate surface area is 139 Å². The highest BCUT2D eigenvalue weighted by Crippen LogP contribution is 2.65. The Hall–Kier alpha value is -2.62. The predicted molar refractivity (Wildman–Crippen MR) is 88.4 cm³/mol. The minimum absolute atomic E-state index is 0.270. The van der Waals surface area contributed by atoms with Crippen LogP contribution in [0.25, 0.3) is 11.1 Å². The number of fused-ring (bicyclic) bond motifs is 5. The lowest BCUT2D eigenvalue weighted by Crippen LogP contribution is -2.55. The fraction of sp³-hybridized carbons (Fsp3) is 0.300. The Balaban J connectivity index is 1.63. The number of nitrogens with one attached hydrogen (secondary N) is 2. The number of hydrogen-bond acceptors (Lipinski definition) is 2. The molecule has 5 aliphatic rings. The van der Waals surface area contributed by atoms with Gasteiger partial charge in [-0.2, -0.15) is 0 Å². The topological polar surface area (TPSA) is 58.2 Å². The van der Waals surface area contributed by atoms with Gasteiger partial charge >= 0.3 is 6.03 Å². The third-order valence-corrected chi connectivity index (χ3v) is 6.56. The van der Waals surface area contributed by atoms with Gasteiger partial charge < -0.3 is 5.32 Å². The number of hydrogen-bond donors (Lipinski definition) is 2. The monoisotopic (exact) mass is 316 g/mol. The van der Waals surface area contributed by atoms with Crippen molar-refractivity contribution in [2.75, 3.05) is 0 Å². The van der Waals surface area contributed by atoms with Gasteiger partial charge in [-0.1, -0.05) is 42.5 Å². The maximum absolute atomic E-state index is 12.8. The Morgan fingerprint density at radius 1 is 0.917 bits per heavy atom. The van der Waals surface area contributed by atoms with E-state index in [-0.39, 0.29) is 5.91 Å². The van der Waals surface area contributed by atoms with Crippen LogP contribution < -0.4 is 10.6 Å². The van der Waals surface area contributed by atoms with Gasteiger partial charge in [0.05, 0.1) is 0 Å². The highest BCUT2D eigenvalue weighted by molar-refractivity contribution is 6.13. The van der Waals surface area contributed by atoms with Gasteiger partial charge in [0.25, 0.3) is 5.91 Å². The van der Waals surface area contributed by atoms with Gasteiger partial charge in [-0.3, -0.25) is 10.1 Å². The second-order valence-corrected chi connectivity index (χ2v) is 7.72. The summed E-state index contributed by atoms with van der Waals surface area (Å²) in [5.41, 5.74) is 4.47. The standard InChI is InChI=1S/C20H16N2O2/c23-17-20(22-18(24)21-17)15-4-2-1-3-13(15)14-6-5-12(7-16(14)20)19-8-11(9-19)10-19/h1-7,11H,8-10H2,(H2,21,22,23,24). The lowest BCUT2D eigenvalue weighted by atomic mass is 9.42. The lowest BCUT2D eigenvalue weighted by molar-refractivity contribution is -0.122. The van der Waals surface area contributed by atoms with E-state index in [9.17, 15) is 9.59 Å². The summed E-state index contributed by atoms with van der Waals surface area (Å²) in [6, 6.07) is 14.0. The molecule has 3 saturated carbocycles. The van der Waals surface area contributed by atoms with Crippen LogP contribution in [0.4, 0.5) is 4.79 Å². The predicted octanol–water partition coefficient (Wildman–Crippen LogP) is 2.80. The first-order chi connectivity index (χ1) is 11.6. The first kappa shape index (κ1) is 12.8. The van der Waals surface area contributed by atoms with E-state index >= 15 is 0 Å². The Morgan fingerprint density at radius 2 is 1.67 bits per heavy atom. The molecule has 4 heteroatoms. The summed E-state index contributed by atoms with van der Waals surface area (Å²) in [6.07, 6.45) is 3.80. The summed E-state index contributed by atoms with van der Waals surface area (Å²) in [5, 5.41) is 5.36. The number of amides is 3. The minimum Gasteiger partial charge on any atom is -0.316 e. The van der Waals surface area contributed by atoms with Gasteiger partial charge in [-0.05, 0) is 58.4 Å². The largest absolute Gasteiger partial charge is 0.322 e. The maximum Gasteiger partial charge on any atom is 0.322 e. The van der Waals surface area contributed by atoms with E-state index in [1.54, 1.807) is 0 Å². The number of rotatable bonds is 1. The van der Waals surface area contributed by atoms with Crippen molar-refractivity contribution in [1.29, 1.82) is 0 Å². The van der Waals surface area contributed by atoms with Crippen LogP contribution >= 0.6 is 0 Å². The van der Waals surface area contributed by atoms with Crippen molar-refractivity contribution < 1.29 is 9.59 Å². The molecule has 2 bridgehead atoms.